The van der Waals surface area contributed by atoms with E-state index in [-0.39, 0.29) is 0 Å². The lowest BCUT2D eigenvalue weighted by molar-refractivity contribution is -0.697. The molecule has 0 saturated heterocycles. The fraction of sp³-hybridized carbons (Fsp3) is 0.167. The van der Waals surface area contributed by atoms with Gasteiger partial charge in [-0.15, -0.1) is 0 Å². The van der Waals surface area contributed by atoms with Crippen molar-refractivity contribution in [3.63, 3.8) is 0 Å². The lowest BCUT2D eigenvalue weighted by atomic mass is 10.1. The van der Waals surface area contributed by atoms with Crippen molar-refractivity contribution in [2.45, 2.75) is 13.0 Å². The van der Waals surface area contributed by atoms with E-state index in [1.165, 1.54) is 21.9 Å². The van der Waals surface area contributed by atoms with E-state index in [1.54, 1.807) is 0 Å². The van der Waals surface area contributed by atoms with Crippen LogP contribution in [0.1, 0.15) is 6.42 Å². The summed E-state index contributed by atoms with van der Waals surface area (Å²) in [6, 6.07) is 23.2. The Labute approximate surface area is 160 Å². The predicted octanol–water partition coefficient (Wildman–Crippen LogP) is 4.09. The molecule has 4 aromatic rings. The van der Waals surface area contributed by atoms with E-state index in [9.17, 15) is 0 Å². The van der Waals surface area contributed by atoms with E-state index in [0.717, 1.165) is 18.7 Å². The molecule has 0 atom stereocenters. The maximum atomic E-state index is 5.92. The van der Waals surface area contributed by atoms with Crippen LogP contribution in [0, 0.1) is 0 Å². The van der Waals surface area contributed by atoms with Crippen molar-refractivity contribution in [1.82, 2.24) is 0 Å². The van der Waals surface area contributed by atoms with Crippen molar-refractivity contribution in [2.75, 3.05) is 6.61 Å². The first kappa shape index (κ1) is 17.2. The molecule has 0 aliphatic rings. The number of rotatable bonds is 6. The first-order valence-electron chi connectivity index (χ1n) is 9.34. The van der Waals surface area contributed by atoms with Gasteiger partial charge in [0.15, 0.2) is 31.3 Å². The van der Waals surface area contributed by atoms with Crippen LogP contribution in [0.25, 0.3) is 21.9 Å². The molecule has 27 heavy (non-hydrogen) atoms. The number of fused-ring (bicyclic) bond motifs is 1. The van der Waals surface area contributed by atoms with Gasteiger partial charge in [-0.3, -0.25) is 0 Å². The third kappa shape index (κ3) is 4.32. The minimum absolute atomic E-state index is 0.711. The topological polar surface area (TPSA) is 17.0 Å². The van der Waals surface area contributed by atoms with Gasteiger partial charge in [-0.05, 0) is 34.0 Å². The van der Waals surface area contributed by atoms with Crippen LogP contribution in [0.5, 0.6) is 5.75 Å². The normalized spacial score (nSPS) is 10.9. The third-order valence-corrected chi connectivity index (χ3v) is 4.75. The smallest absolute Gasteiger partial charge is 0.169 e. The predicted molar refractivity (Wildman–Crippen MR) is 107 cm³/mol. The molecule has 0 N–H and O–H groups in total. The van der Waals surface area contributed by atoms with Gasteiger partial charge >= 0.3 is 0 Å². The number of pyridine rings is 2. The highest BCUT2D eigenvalue weighted by Crippen LogP contribution is 2.20. The average Bonchev–Trinajstić information content (AvgIpc) is 2.72. The Morgan fingerprint density at radius 1 is 0.741 bits per heavy atom. The van der Waals surface area contributed by atoms with E-state index in [4.69, 9.17) is 4.74 Å². The molecule has 0 fully saturated rings. The summed E-state index contributed by atoms with van der Waals surface area (Å²) in [5, 5.41) is 2.46. The van der Waals surface area contributed by atoms with Crippen molar-refractivity contribution >= 4 is 10.8 Å². The summed E-state index contributed by atoms with van der Waals surface area (Å²) in [7, 11) is 2.03. The van der Waals surface area contributed by atoms with Gasteiger partial charge in [0, 0.05) is 30.7 Å². The number of nitrogens with zero attached hydrogens (tertiary/aromatic N) is 2. The number of aromatic nitrogens is 2. The Hall–Kier alpha value is -3.20. The van der Waals surface area contributed by atoms with Gasteiger partial charge in [-0.25, -0.2) is 9.13 Å². The largest absolute Gasteiger partial charge is 0.493 e. The average molecular weight is 356 g/mol. The molecule has 0 aliphatic carbocycles. The lowest BCUT2D eigenvalue weighted by Crippen LogP contribution is -2.33. The third-order valence-electron chi connectivity index (χ3n) is 4.75. The minimum Gasteiger partial charge on any atom is -0.493 e. The highest BCUT2D eigenvalue weighted by atomic mass is 16.5. The summed E-state index contributed by atoms with van der Waals surface area (Å²) < 4.78 is 10.2. The van der Waals surface area contributed by atoms with Gasteiger partial charge in [0.05, 0.1) is 6.61 Å². The van der Waals surface area contributed by atoms with E-state index < -0.39 is 0 Å². The molecule has 0 aliphatic heterocycles. The summed E-state index contributed by atoms with van der Waals surface area (Å²) in [6.07, 6.45) is 9.38. The number of hydrogen-bond donors (Lipinski definition) is 0. The van der Waals surface area contributed by atoms with Gasteiger partial charge in [0.1, 0.15) is 12.8 Å². The molecule has 0 amide bonds. The monoisotopic (exact) mass is 356 g/mol. The molecule has 0 radical (unpaired) electrons. The summed E-state index contributed by atoms with van der Waals surface area (Å²) in [5.74, 6) is 0.936. The molecule has 134 valence electrons. The van der Waals surface area contributed by atoms with Crippen LogP contribution in [0.2, 0.25) is 0 Å². The molecule has 2 heterocycles. The minimum atomic E-state index is 0.711. The molecule has 0 bridgehead atoms. The fourth-order valence-electron chi connectivity index (χ4n) is 3.19. The van der Waals surface area contributed by atoms with Gasteiger partial charge in [-0.1, -0.05) is 30.3 Å². The van der Waals surface area contributed by atoms with Gasteiger partial charge < -0.3 is 4.74 Å². The second kappa shape index (κ2) is 8.00. The SMILES string of the molecule is C[n+]1ccc(-c2cc[n+](CCCOc3ccc4ccccc4c3)cc2)cc1. The molecule has 2 aromatic heterocycles. The van der Waals surface area contributed by atoms with Crippen LogP contribution in [0.4, 0.5) is 0 Å². The summed E-state index contributed by atoms with van der Waals surface area (Å²) in [5.41, 5.74) is 2.47. The zero-order valence-electron chi connectivity index (χ0n) is 15.6. The molecule has 0 spiro atoms. The zero-order chi connectivity index (χ0) is 18.5. The molecule has 0 unspecified atom stereocenters. The van der Waals surface area contributed by atoms with Crippen LogP contribution >= 0.6 is 0 Å². The zero-order valence-corrected chi connectivity index (χ0v) is 15.6. The lowest BCUT2D eigenvalue weighted by Gasteiger charge is -2.06. The maximum absolute atomic E-state index is 5.92. The summed E-state index contributed by atoms with van der Waals surface area (Å²) in [6.45, 7) is 1.65. The quantitative estimate of drug-likeness (QED) is 0.376. The van der Waals surface area contributed by atoms with Crippen molar-refractivity contribution < 1.29 is 13.9 Å². The molecule has 3 nitrogen and oxygen atoms in total. The highest BCUT2D eigenvalue weighted by molar-refractivity contribution is 5.83. The first-order chi connectivity index (χ1) is 13.3. The fourth-order valence-corrected chi connectivity index (χ4v) is 3.19. The Kier molecular flexibility index (Phi) is 5.10. The van der Waals surface area contributed by atoms with Crippen LogP contribution in [0.3, 0.4) is 0 Å². The van der Waals surface area contributed by atoms with Crippen molar-refractivity contribution in [3.05, 3.63) is 91.5 Å². The van der Waals surface area contributed by atoms with Gasteiger partial charge in [0.2, 0.25) is 0 Å². The van der Waals surface area contributed by atoms with E-state index in [0.29, 0.717) is 6.61 Å². The summed E-state index contributed by atoms with van der Waals surface area (Å²) >= 11 is 0. The van der Waals surface area contributed by atoms with Crippen LogP contribution in [0.15, 0.2) is 91.5 Å². The number of aryl methyl sites for hydroxylation is 2. The van der Waals surface area contributed by atoms with Gasteiger partial charge in [0.25, 0.3) is 0 Å². The van der Waals surface area contributed by atoms with Crippen LogP contribution < -0.4 is 13.9 Å². The van der Waals surface area contributed by atoms with Gasteiger partial charge in [-0.2, -0.15) is 0 Å². The maximum Gasteiger partial charge on any atom is 0.169 e. The van der Waals surface area contributed by atoms with E-state index >= 15 is 0 Å². The second-order valence-corrected chi connectivity index (χ2v) is 6.79. The Morgan fingerprint density at radius 3 is 2.15 bits per heavy atom. The van der Waals surface area contributed by atoms with Crippen molar-refractivity contribution in [1.29, 1.82) is 0 Å². The Bertz CT molecular complexity index is 1020. The molecular weight excluding hydrogens is 332 g/mol. The van der Waals surface area contributed by atoms with E-state index in [1.807, 2.05) is 17.7 Å². The second-order valence-electron chi connectivity index (χ2n) is 6.79. The molecule has 2 aromatic carbocycles. The number of hydrogen-bond acceptors (Lipinski definition) is 1. The standard InChI is InChI=1S/C24H24N2O/c1-25-14-9-21(10-15-25)22-11-16-26(17-12-22)13-4-18-27-24-8-7-20-5-2-3-6-23(20)19-24/h2-3,5-12,14-17,19H,4,13,18H2,1H3/q+2. The number of ether oxygens (including phenoxy) is 1. The van der Waals surface area contributed by atoms with E-state index in [2.05, 4.69) is 90.0 Å². The number of benzene rings is 2. The van der Waals surface area contributed by atoms with Crippen molar-refractivity contribution in [3.8, 4) is 16.9 Å². The highest BCUT2D eigenvalue weighted by Gasteiger charge is 2.05. The molecule has 0 saturated carbocycles. The van der Waals surface area contributed by atoms with Crippen molar-refractivity contribution in [2.24, 2.45) is 7.05 Å². The molecular formula is C24H24N2O+2. The Balaban J connectivity index is 1.30. The van der Waals surface area contributed by atoms with Crippen LogP contribution in [-0.4, -0.2) is 6.61 Å². The van der Waals surface area contributed by atoms with Crippen LogP contribution in [-0.2, 0) is 13.6 Å². The first-order valence-corrected chi connectivity index (χ1v) is 9.34. The Morgan fingerprint density at radius 2 is 1.41 bits per heavy atom. The summed E-state index contributed by atoms with van der Waals surface area (Å²) in [4.78, 5) is 0. The molecule has 4 rings (SSSR count). The molecule has 3 heteroatoms.